The Kier molecular flexibility index (Phi) is 8.75. The van der Waals surface area contributed by atoms with Crippen molar-refractivity contribution in [2.75, 3.05) is 6.54 Å². The molecule has 0 aliphatic rings. The maximum atomic E-state index is 9.93. The molecule has 0 rings (SSSR count). The smallest absolute Gasteiger partial charge is 0.216 e. The number of hydrogen-bond donors (Lipinski definition) is 1. The average molecular weight is 140 g/mol. The van der Waals surface area contributed by atoms with Crippen molar-refractivity contribution in [3.63, 3.8) is 0 Å². The molecule has 2 nitrogen and oxygen atoms in total. The summed E-state index contributed by atoms with van der Waals surface area (Å²) in [5.74, 6) is 0.0394. The van der Waals surface area contributed by atoms with Gasteiger partial charge in [0.2, 0.25) is 5.91 Å². The molecule has 43 valence electrons. The minimum absolute atomic E-state index is 0. The molecule has 1 amide bonds. The summed E-state index contributed by atoms with van der Waals surface area (Å²) < 4.78 is 0. The SMILES string of the molecule is CCNC(C)=O.[HH].[V]. The molecule has 0 aliphatic carbocycles. The molecule has 0 saturated heterocycles. The number of nitrogens with one attached hydrogen (secondary N) is 1. The fourth-order valence-electron chi connectivity index (χ4n) is 0.249. The van der Waals surface area contributed by atoms with Crippen LogP contribution < -0.4 is 5.32 Å². The third-order valence-corrected chi connectivity index (χ3v) is 0.426. The first-order valence-electron chi connectivity index (χ1n) is 2.01. The topological polar surface area (TPSA) is 29.1 Å². The maximum Gasteiger partial charge on any atom is 0.216 e. The number of carbonyl (C=O) groups excluding carboxylic acids is 1. The zero-order valence-corrected chi connectivity index (χ0v) is 5.96. The van der Waals surface area contributed by atoms with E-state index in [1.165, 1.54) is 6.92 Å². The van der Waals surface area contributed by atoms with Crippen LogP contribution in [0.1, 0.15) is 15.3 Å². The summed E-state index contributed by atoms with van der Waals surface area (Å²) in [4.78, 5) is 9.93. The van der Waals surface area contributed by atoms with Crippen molar-refractivity contribution in [2.24, 2.45) is 0 Å². The van der Waals surface area contributed by atoms with Gasteiger partial charge in [-0.25, -0.2) is 0 Å². The van der Waals surface area contributed by atoms with Gasteiger partial charge in [0, 0.05) is 33.5 Å². The standard InChI is InChI=1S/C4H9NO.V.H2/c1-3-5-4(2)6;;/h3H2,1-2H3,(H,5,6);;1H. The molecule has 0 spiro atoms. The van der Waals surface area contributed by atoms with Crippen LogP contribution in [-0.2, 0) is 23.4 Å². The second kappa shape index (κ2) is 6.05. The van der Waals surface area contributed by atoms with Crippen LogP contribution in [0.3, 0.4) is 0 Å². The molecule has 1 N–H and O–H groups in total. The number of rotatable bonds is 1. The number of carbonyl (C=O) groups is 1. The Labute approximate surface area is 57.0 Å². The van der Waals surface area contributed by atoms with Crippen LogP contribution in [0.4, 0.5) is 0 Å². The molecule has 0 aromatic rings. The van der Waals surface area contributed by atoms with E-state index in [4.69, 9.17) is 0 Å². The summed E-state index contributed by atoms with van der Waals surface area (Å²) in [5.41, 5.74) is 0. The first kappa shape index (κ1) is 10.1. The minimum Gasteiger partial charge on any atom is -0.357 e. The number of amides is 1. The quantitative estimate of drug-likeness (QED) is 0.560. The van der Waals surface area contributed by atoms with E-state index in [2.05, 4.69) is 5.32 Å². The van der Waals surface area contributed by atoms with E-state index in [-0.39, 0.29) is 25.9 Å². The van der Waals surface area contributed by atoms with Crippen LogP contribution in [0.5, 0.6) is 0 Å². The minimum atomic E-state index is 0. The third kappa shape index (κ3) is 10.7. The van der Waals surface area contributed by atoms with Crippen molar-refractivity contribution < 1.29 is 24.8 Å². The van der Waals surface area contributed by atoms with E-state index in [1.807, 2.05) is 6.92 Å². The summed E-state index contributed by atoms with van der Waals surface area (Å²) in [6, 6.07) is 0. The van der Waals surface area contributed by atoms with Gasteiger partial charge in [-0.15, -0.1) is 0 Å². The molecule has 0 saturated carbocycles. The summed E-state index contributed by atoms with van der Waals surface area (Å²) in [7, 11) is 0. The molecule has 0 aromatic heterocycles. The van der Waals surface area contributed by atoms with Crippen LogP contribution in [0.2, 0.25) is 0 Å². The van der Waals surface area contributed by atoms with E-state index in [0.717, 1.165) is 6.54 Å². The van der Waals surface area contributed by atoms with Gasteiger partial charge < -0.3 is 5.32 Å². The Morgan fingerprint density at radius 1 is 1.86 bits per heavy atom. The monoisotopic (exact) mass is 140 g/mol. The van der Waals surface area contributed by atoms with E-state index in [0.29, 0.717) is 0 Å². The van der Waals surface area contributed by atoms with Gasteiger partial charge in [0.05, 0.1) is 0 Å². The van der Waals surface area contributed by atoms with E-state index in [9.17, 15) is 4.79 Å². The molecule has 0 unspecified atom stereocenters. The summed E-state index contributed by atoms with van der Waals surface area (Å²) in [5, 5.41) is 2.57. The van der Waals surface area contributed by atoms with Crippen LogP contribution in [0, 0.1) is 0 Å². The van der Waals surface area contributed by atoms with Gasteiger partial charge in [-0.2, -0.15) is 0 Å². The predicted molar refractivity (Wildman–Crippen MR) is 26.5 cm³/mol. The zero-order valence-electron chi connectivity index (χ0n) is 4.56. The van der Waals surface area contributed by atoms with E-state index >= 15 is 0 Å². The van der Waals surface area contributed by atoms with Gasteiger partial charge in [0.25, 0.3) is 0 Å². The van der Waals surface area contributed by atoms with Gasteiger partial charge in [0.15, 0.2) is 0 Å². The summed E-state index contributed by atoms with van der Waals surface area (Å²) in [6.07, 6.45) is 0. The zero-order chi connectivity index (χ0) is 4.99. The second-order valence-electron chi connectivity index (χ2n) is 1.09. The molecule has 0 fully saturated rings. The fraction of sp³-hybridized carbons (Fsp3) is 0.750. The Balaban J connectivity index is -0.000000125. The Hall–Kier alpha value is 0.0544. The van der Waals surface area contributed by atoms with Crippen LogP contribution >= 0.6 is 0 Å². The molecule has 1 radical (unpaired) electrons. The van der Waals surface area contributed by atoms with Crippen molar-refractivity contribution >= 4 is 5.91 Å². The molecule has 3 heteroatoms. The first-order valence-corrected chi connectivity index (χ1v) is 2.01. The molecular weight excluding hydrogens is 129 g/mol. The van der Waals surface area contributed by atoms with E-state index in [1.54, 1.807) is 0 Å². The van der Waals surface area contributed by atoms with E-state index < -0.39 is 0 Å². The van der Waals surface area contributed by atoms with Gasteiger partial charge in [-0.05, 0) is 6.92 Å². The number of hydrogen-bond acceptors (Lipinski definition) is 1. The van der Waals surface area contributed by atoms with Crippen molar-refractivity contribution in [1.29, 1.82) is 0 Å². The molecule has 0 heterocycles. The van der Waals surface area contributed by atoms with Gasteiger partial charge in [-0.1, -0.05) is 0 Å². The van der Waals surface area contributed by atoms with Crippen LogP contribution in [0.15, 0.2) is 0 Å². The van der Waals surface area contributed by atoms with Crippen molar-refractivity contribution in [3.05, 3.63) is 0 Å². The summed E-state index contributed by atoms with van der Waals surface area (Å²) >= 11 is 0. The van der Waals surface area contributed by atoms with Crippen LogP contribution in [0.25, 0.3) is 0 Å². The molecule has 7 heavy (non-hydrogen) atoms. The molecular formula is C4H11NOV. The van der Waals surface area contributed by atoms with Crippen molar-refractivity contribution in [2.45, 2.75) is 13.8 Å². The van der Waals surface area contributed by atoms with Crippen molar-refractivity contribution in [1.82, 2.24) is 5.32 Å². The molecule has 0 bridgehead atoms. The Bertz CT molecular complexity index is 60.0. The second-order valence-corrected chi connectivity index (χ2v) is 1.09. The maximum absolute atomic E-state index is 9.93. The van der Waals surface area contributed by atoms with Crippen molar-refractivity contribution in [3.8, 4) is 0 Å². The Morgan fingerprint density at radius 2 is 2.29 bits per heavy atom. The molecule has 0 atom stereocenters. The van der Waals surface area contributed by atoms with Gasteiger partial charge in [0.1, 0.15) is 0 Å². The molecule has 0 aromatic carbocycles. The predicted octanol–water partition coefficient (Wildman–Crippen LogP) is 0.386. The Morgan fingerprint density at radius 3 is 2.29 bits per heavy atom. The van der Waals surface area contributed by atoms with Gasteiger partial charge >= 0.3 is 0 Å². The fourth-order valence-corrected chi connectivity index (χ4v) is 0.249. The first-order chi connectivity index (χ1) is 2.77. The van der Waals surface area contributed by atoms with Crippen LogP contribution in [-0.4, -0.2) is 12.5 Å². The average Bonchev–Trinajstić information content (AvgIpc) is 1.35. The van der Waals surface area contributed by atoms with Gasteiger partial charge in [-0.3, -0.25) is 4.79 Å². The largest absolute Gasteiger partial charge is 0.357 e. The molecule has 0 aliphatic heterocycles. The third-order valence-electron chi connectivity index (χ3n) is 0.426. The normalized spacial score (nSPS) is 6.57. The summed E-state index contributed by atoms with van der Waals surface area (Å²) in [6.45, 7) is 4.13.